The van der Waals surface area contributed by atoms with Gasteiger partial charge in [0.25, 0.3) is 10.1 Å². The molecule has 0 amide bonds. The van der Waals surface area contributed by atoms with Gasteiger partial charge in [-0.2, -0.15) is 8.42 Å². The molecule has 21 heavy (non-hydrogen) atoms. The molecule has 5 heteroatoms. The van der Waals surface area contributed by atoms with E-state index in [0.29, 0.717) is 6.42 Å². The van der Waals surface area contributed by atoms with Gasteiger partial charge in [0, 0.05) is 0 Å². The molecule has 0 bridgehead atoms. The Morgan fingerprint density at radius 2 is 1.10 bits per heavy atom. The summed E-state index contributed by atoms with van der Waals surface area (Å²) in [6.45, 7) is 21.1. The maximum absolute atomic E-state index is 10.9. The van der Waals surface area contributed by atoms with E-state index in [-0.39, 0.29) is 20.9 Å². The van der Waals surface area contributed by atoms with Crippen LogP contribution in [-0.4, -0.2) is 26.8 Å². The SMILES string of the molecule is CC(C)(C)[Si](CCCCS(=O)(=O)O)(C(C)(C)C)C(C)(C)C. The molecule has 128 valence electrons. The zero-order chi connectivity index (χ0) is 17.3. The Bertz CT molecular complexity index is 398. The van der Waals surface area contributed by atoms with Crippen molar-refractivity contribution in [1.82, 2.24) is 0 Å². The van der Waals surface area contributed by atoms with Gasteiger partial charge in [0.15, 0.2) is 0 Å². The second-order valence-electron chi connectivity index (χ2n) is 9.40. The summed E-state index contributed by atoms with van der Waals surface area (Å²) in [5.74, 6) is -0.115. The van der Waals surface area contributed by atoms with Gasteiger partial charge in [-0.1, -0.05) is 74.8 Å². The Labute approximate surface area is 133 Å². The predicted molar refractivity (Wildman–Crippen MR) is 95.4 cm³/mol. The highest BCUT2D eigenvalue weighted by atomic mass is 32.2. The van der Waals surface area contributed by atoms with E-state index < -0.39 is 18.2 Å². The summed E-state index contributed by atoms with van der Waals surface area (Å²) in [7, 11) is -5.61. The van der Waals surface area contributed by atoms with E-state index in [9.17, 15) is 8.42 Å². The molecule has 0 saturated carbocycles. The quantitative estimate of drug-likeness (QED) is 0.409. The molecule has 0 aliphatic rings. The lowest BCUT2D eigenvalue weighted by Gasteiger charge is -2.60. The lowest BCUT2D eigenvalue weighted by atomic mass is 10.2. The van der Waals surface area contributed by atoms with Crippen LogP contribution in [0.1, 0.15) is 75.2 Å². The number of unbranched alkanes of at least 4 members (excludes halogenated alkanes) is 1. The van der Waals surface area contributed by atoms with E-state index in [2.05, 4.69) is 62.3 Å². The van der Waals surface area contributed by atoms with Crippen LogP contribution in [0.15, 0.2) is 0 Å². The predicted octanol–water partition coefficient (Wildman–Crippen LogP) is 5.50. The van der Waals surface area contributed by atoms with E-state index in [1.165, 1.54) is 0 Å². The van der Waals surface area contributed by atoms with Gasteiger partial charge in [-0.3, -0.25) is 4.55 Å². The molecule has 0 spiro atoms. The minimum atomic E-state index is -3.83. The van der Waals surface area contributed by atoms with Crippen LogP contribution in [0.3, 0.4) is 0 Å². The van der Waals surface area contributed by atoms with Crippen molar-refractivity contribution in [2.24, 2.45) is 0 Å². The lowest BCUT2D eigenvalue weighted by molar-refractivity contribution is 0.479. The molecular formula is C16H36O3SSi. The number of rotatable bonds is 5. The second-order valence-corrected chi connectivity index (χ2v) is 17.8. The van der Waals surface area contributed by atoms with E-state index in [4.69, 9.17) is 4.55 Å². The standard InChI is InChI=1S/C16H36O3SSi/c1-14(2,3)21(15(4,5)6,16(7,8)9)13-11-10-12-20(17,18)19/h10-13H2,1-9H3,(H,17,18,19). The second kappa shape index (κ2) is 6.32. The normalized spacial score (nSPS) is 15.3. The third-order valence-electron chi connectivity index (χ3n) is 5.05. The summed E-state index contributed by atoms with van der Waals surface area (Å²) < 4.78 is 30.7. The van der Waals surface area contributed by atoms with E-state index in [0.717, 1.165) is 12.5 Å². The molecule has 1 N–H and O–H groups in total. The fraction of sp³-hybridized carbons (Fsp3) is 1.00. The Kier molecular flexibility index (Phi) is 6.36. The van der Waals surface area contributed by atoms with Crippen LogP contribution in [-0.2, 0) is 10.1 Å². The summed E-state index contributed by atoms with van der Waals surface area (Å²) in [6.07, 6.45) is 1.42. The van der Waals surface area contributed by atoms with Crippen LogP contribution in [0.5, 0.6) is 0 Å². The van der Waals surface area contributed by atoms with Crippen LogP contribution >= 0.6 is 0 Å². The first-order chi connectivity index (χ1) is 8.96. The van der Waals surface area contributed by atoms with Gasteiger partial charge in [-0.15, -0.1) is 0 Å². The summed E-state index contributed by atoms with van der Waals surface area (Å²) in [5, 5.41) is 0.713. The molecule has 0 fully saturated rings. The van der Waals surface area contributed by atoms with Crippen molar-refractivity contribution in [3.63, 3.8) is 0 Å². The first-order valence-electron chi connectivity index (χ1n) is 7.91. The highest BCUT2D eigenvalue weighted by molar-refractivity contribution is 7.85. The van der Waals surface area contributed by atoms with Crippen molar-refractivity contribution >= 4 is 18.2 Å². The Hall–Kier alpha value is 0.127. The van der Waals surface area contributed by atoms with Crippen LogP contribution in [0, 0.1) is 0 Å². The van der Waals surface area contributed by atoms with Gasteiger partial charge in [-0.05, 0) is 21.5 Å². The molecule has 0 aliphatic carbocycles. The van der Waals surface area contributed by atoms with Crippen molar-refractivity contribution in [3.05, 3.63) is 0 Å². The average Bonchev–Trinajstić information content (AvgIpc) is 2.08. The van der Waals surface area contributed by atoms with Crippen molar-refractivity contribution in [2.45, 2.75) is 96.3 Å². The van der Waals surface area contributed by atoms with Gasteiger partial charge >= 0.3 is 0 Å². The third-order valence-corrected chi connectivity index (χ3v) is 14.6. The van der Waals surface area contributed by atoms with Gasteiger partial charge < -0.3 is 0 Å². The molecule has 0 rings (SSSR count). The molecule has 0 radical (unpaired) electrons. The molecule has 0 saturated heterocycles. The first kappa shape index (κ1) is 21.1. The van der Waals surface area contributed by atoms with Crippen molar-refractivity contribution in [3.8, 4) is 0 Å². The molecule has 0 unspecified atom stereocenters. The van der Waals surface area contributed by atoms with Gasteiger partial charge in [0.2, 0.25) is 0 Å². The topological polar surface area (TPSA) is 54.4 Å². The largest absolute Gasteiger partial charge is 0.286 e. The minimum Gasteiger partial charge on any atom is -0.286 e. The van der Waals surface area contributed by atoms with Crippen LogP contribution in [0.2, 0.25) is 21.2 Å². The third kappa shape index (κ3) is 5.07. The maximum atomic E-state index is 10.9. The molecule has 0 aromatic rings. The zero-order valence-corrected chi connectivity index (χ0v) is 17.3. The highest BCUT2D eigenvalue weighted by Gasteiger charge is 2.58. The monoisotopic (exact) mass is 336 g/mol. The molecule has 0 aromatic heterocycles. The zero-order valence-electron chi connectivity index (χ0n) is 15.5. The summed E-state index contributed by atoms with van der Waals surface area (Å²) in [6, 6.07) is 1.10. The van der Waals surface area contributed by atoms with E-state index >= 15 is 0 Å². The Balaban J connectivity index is 5.44. The smallest absolute Gasteiger partial charge is 0.264 e. The summed E-state index contributed by atoms with van der Waals surface area (Å²) in [4.78, 5) is 0. The lowest BCUT2D eigenvalue weighted by Crippen LogP contribution is -2.58. The van der Waals surface area contributed by atoms with Gasteiger partial charge in [0.05, 0.1) is 13.8 Å². The molecule has 0 aromatic carbocycles. The molecule has 0 atom stereocenters. The Morgan fingerprint density at radius 1 is 0.762 bits per heavy atom. The minimum absolute atomic E-state index is 0.115. The van der Waals surface area contributed by atoms with Crippen molar-refractivity contribution in [2.75, 3.05) is 5.75 Å². The van der Waals surface area contributed by atoms with Crippen molar-refractivity contribution in [1.29, 1.82) is 0 Å². The summed E-state index contributed by atoms with van der Waals surface area (Å²) in [5.41, 5.74) is 0. The first-order valence-corrected chi connectivity index (χ1v) is 11.7. The highest BCUT2D eigenvalue weighted by Crippen LogP contribution is 2.64. The summed E-state index contributed by atoms with van der Waals surface area (Å²) >= 11 is 0. The van der Waals surface area contributed by atoms with Crippen LogP contribution < -0.4 is 0 Å². The average molecular weight is 337 g/mol. The molecular weight excluding hydrogens is 300 g/mol. The number of hydrogen-bond donors (Lipinski definition) is 1. The van der Waals surface area contributed by atoms with E-state index in [1.54, 1.807) is 0 Å². The molecule has 0 heterocycles. The van der Waals surface area contributed by atoms with E-state index in [1.807, 2.05) is 0 Å². The van der Waals surface area contributed by atoms with Crippen LogP contribution in [0.4, 0.5) is 0 Å². The molecule has 3 nitrogen and oxygen atoms in total. The maximum Gasteiger partial charge on any atom is 0.264 e. The fourth-order valence-corrected chi connectivity index (χ4v) is 15.5. The number of hydrogen-bond acceptors (Lipinski definition) is 2. The van der Waals surface area contributed by atoms with Crippen molar-refractivity contribution < 1.29 is 13.0 Å². The van der Waals surface area contributed by atoms with Gasteiger partial charge in [-0.25, -0.2) is 0 Å². The fourth-order valence-electron chi connectivity index (χ4n) is 5.17. The van der Waals surface area contributed by atoms with Gasteiger partial charge in [0.1, 0.15) is 0 Å². The Morgan fingerprint density at radius 3 is 1.33 bits per heavy atom. The van der Waals surface area contributed by atoms with Crippen LogP contribution in [0.25, 0.3) is 0 Å². The molecule has 0 aliphatic heterocycles.